The van der Waals surface area contributed by atoms with E-state index < -0.39 is 111 Å². The molecule has 2 aliphatic carbocycles. The van der Waals surface area contributed by atoms with Crippen molar-refractivity contribution in [2.24, 2.45) is 23.2 Å². The average molecular weight is 941 g/mol. The minimum absolute atomic E-state index is 0.0646. The van der Waals surface area contributed by atoms with E-state index in [9.17, 15) is 30.3 Å². The largest absolute Gasteiger partial charge is 0.469 e. The normalized spacial score (nSPS) is 51.7. The highest BCUT2D eigenvalue weighted by atomic mass is 16.8. The number of allylic oxidation sites excluding steroid dienone is 1. The molecule has 7 fully saturated rings. The molecule has 19 nitrogen and oxygen atoms in total. The summed E-state index contributed by atoms with van der Waals surface area (Å²) in [5.74, 6) is -1.03. The highest BCUT2D eigenvalue weighted by Gasteiger charge is 2.58. The molecule has 66 heavy (non-hydrogen) atoms. The number of hydrogen-bond donors (Lipinski definition) is 5. The topological polar surface area (TPSA) is 238 Å². The molecule has 0 aromatic rings. The number of aliphatic hydroxyl groups is 5. The number of esters is 1. The van der Waals surface area contributed by atoms with Crippen LogP contribution in [0.2, 0.25) is 0 Å². The molecular formula is C47H72O19. The number of rotatable bonds is 11. The smallest absolute Gasteiger partial charge is 0.309 e. The SMILES string of the molecule is CO[C@@H]1C[C@H](O[C@H]2CC[C@@]3(C)C(=CC[C@H]4C(=O)OC5CO[C@]6(C)OC=C(CC[C@@H]43)[C@H]56)C2)O[C@H](C)[C@H]1O[C@H]1C[C@H](O)[C@H](O[C@@H]2C[C@@H](OC)[C@H](O[C@@H]3O[C@H](CO)[C@@H](O)[C@H](O)[C@H]3O)[C@@H](C)O2)[C@@H](C)O1. The Bertz CT molecular complexity index is 1750. The number of methoxy groups -OCH3 is 2. The van der Waals surface area contributed by atoms with Crippen molar-refractivity contribution in [2.45, 2.75) is 215 Å². The van der Waals surface area contributed by atoms with Crippen LogP contribution in [-0.4, -0.2) is 181 Å². The minimum atomic E-state index is -1.59. The van der Waals surface area contributed by atoms with E-state index in [2.05, 4.69) is 13.0 Å². The van der Waals surface area contributed by atoms with E-state index in [0.717, 1.165) is 32.1 Å². The fourth-order valence-corrected chi connectivity index (χ4v) is 12.5. The van der Waals surface area contributed by atoms with Gasteiger partial charge in [0.2, 0.25) is 5.79 Å². The molecule has 0 aromatic carbocycles. The van der Waals surface area contributed by atoms with Crippen LogP contribution >= 0.6 is 0 Å². The first-order valence-electron chi connectivity index (χ1n) is 24.1. The Labute approximate surface area is 386 Å². The third kappa shape index (κ3) is 9.28. The number of ether oxygens (including phenoxy) is 13. The van der Waals surface area contributed by atoms with Crippen molar-refractivity contribution in [3.63, 3.8) is 0 Å². The Morgan fingerprint density at radius 2 is 1.41 bits per heavy atom. The van der Waals surface area contributed by atoms with E-state index >= 15 is 0 Å². The summed E-state index contributed by atoms with van der Waals surface area (Å²) in [5.41, 5.74) is 2.35. The lowest BCUT2D eigenvalue weighted by Crippen LogP contribution is -2.62. The molecule has 19 heteroatoms. The Hall–Kier alpha value is -1.89. The average Bonchev–Trinajstić information content (AvgIpc) is 3.80. The predicted molar refractivity (Wildman–Crippen MR) is 225 cm³/mol. The molecule has 0 amide bonds. The molecule has 0 aromatic heterocycles. The highest BCUT2D eigenvalue weighted by molar-refractivity contribution is 5.74. The lowest BCUT2D eigenvalue weighted by atomic mass is 9.55. The first kappa shape index (κ1) is 49.1. The van der Waals surface area contributed by atoms with Crippen LogP contribution in [0.25, 0.3) is 0 Å². The van der Waals surface area contributed by atoms with Crippen LogP contribution < -0.4 is 0 Å². The van der Waals surface area contributed by atoms with Gasteiger partial charge in [-0.1, -0.05) is 18.6 Å². The van der Waals surface area contributed by atoms with Gasteiger partial charge in [-0.15, -0.1) is 0 Å². The van der Waals surface area contributed by atoms with Gasteiger partial charge in [-0.3, -0.25) is 4.79 Å². The number of carbonyl (C=O) groups excluding carboxylic acids is 1. The van der Waals surface area contributed by atoms with Crippen LogP contribution in [0.1, 0.15) is 92.4 Å². The summed E-state index contributed by atoms with van der Waals surface area (Å²) in [5, 5.41) is 52.0. The number of aliphatic hydroxyl groups excluding tert-OH is 5. The first-order valence-corrected chi connectivity index (χ1v) is 24.1. The monoisotopic (exact) mass is 940 g/mol. The molecule has 7 heterocycles. The second-order valence-corrected chi connectivity index (χ2v) is 20.4. The van der Waals surface area contributed by atoms with Gasteiger partial charge in [0.1, 0.15) is 48.8 Å². The van der Waals surface area contributed by atoms with Gasteiger partial charge in [-0.2, -0.15) is 0 Å². The van der Waals surface area contributed by atoms with Crippen molar-refractivity contribution < 1.29 is 91.9 Å². The van der Waals surface area contributed by atoms with Gasteiger partial charge in [0.25, 0.3) is 0 Å². The van der Waals surface area contributed by atoms with E-state index in [4.69, 9.17) is 61.6 Å². The van der Waals surface area contributed by atoms with Gasteiger partial charge in [0.15, 0.2) is 25.2 Å². The Morgan fingerprint density at radius 3 is 2.08 bits per heavy atom. The standard InChI is InChI=1S/C47H72O19/c1-21-41(64-36-17-31(55-7)43(23(3)60-36)66-45-40(52)39(51)38(50)32(18-48)63-45)29(49)15-34(58-21)65-42-22(2)59-35(16-30(42)54-6)61-26-12-13-46(4)25(14-26)9-10-27-28(46)11-8-24-19-56-47(5)37(24)33(20-57-47)62-44(27)53/h9,19,21-23,26-43,45,48-52H,8,10-18,20H2,1-7H3/t21-,22-,23-,26+,27-,28+,29+,30-,31-,32-,33?,34+,35+,36-,37-,38-,39+,40-,41-,42-,43-,45+,46+,47+/m1/s1. The molecule has 374 valence electrons. The molecule has 9 aliphatic rings. The summed E-state index contributed by atoms with van der Waals surface area (Å²) in [6.45, 7) is 9.47. The van der Waals surface area contributed by atoms with Crippen LogP contribution in [0.5, 0.6) is 0 Å². The van der Waals surface area contributed by atoms with Crippen molar-refractivity contribution in [2.75, 3.05) is 27.4 Å². The maximum absolute atomic E-state index is 13.8. The number of hydrogen-bond acceptors (Lipinski definition) is 19. The summed E-state index contributed by atoms with van der Waals surface area (Å²) < 4.78 is 79.9. The maximum atomic E-state index is 13.8. The van der Waals surface area contributed by atoms with Gasteiger partial charge in [0.05, 0.1) is 74.0 Å². The minimum Gasteiger partial charge on any atom is -0.469 e. The van der Waals surface area contributed by atoms with Crippen LogP contribution in [0.15, 0.2) is 23.5 Å². The van der Waals surface area contributed by atoms with E-state index in [-0.39, 0.29) is 60.3 Å². The van der Waals surface area contributed by atoms with E-state index in [0.29, 0.717) is 19.4 Å². The van der Waals surface area contributed by atoms with Gasteiger partial charge in [0, 0.05) is 40.4 Å². The quantitative estimate of drug-likeness (QED) is 0.147. The van der Waals surface area contributed by atoms with Crippen molar-refractivity contribution in [3.8, 4) is 0 Å². The zero-order valence-electron chi connectivity index (χ0n) is 39.1. The fraction of sp³-hybridized carbons (Fsp3) is 0.894. The molecule has 0 spiro atoms. The highest BCUT2D eigenvalue weighted by Crippen LogP contribution is 2.57. The molecule has 1 saturated carbocycles. The van der Waals surface area contributed by atoms with Gasteiger partial charge in [-0.05, 0) is 76.2 Å². The lowest BCUT2D eigenvalue weighted by Gasteiger charge is -2.51. The zero-order valence-corrected chi connectivity index (χ0v) is 39.1. The molecule has 5 N–H and O–H groups in total. The first-order chi connectivity index (χ1) is 31.5. The van der Waals surface area contributed by atoms with Gasteiger partial charge < -0.3 is 87.1 Å². The molecule has 9 rings (SSSR count). The molecule has 0 bridgehead atoms. The van der Waals surface area contributed by atoms with Crippen LogP contribution in [0.4, 0.5) is 0 Å². The fourth-order valence-electron chi connectivity index (χ4n) is 12.5. The van der Waals surface area contributed by atoms with Crippen molar-refractivity contribution in [3.05, 3.63) is 23.5 Å². The molecule has 7 aliphatic heterocycles. The summed E-state index contributed by atoms with van der Waals surface area (Å²) in [4.78, 5) is 13.8. The number of fused-ring (bicyclic) bond motifs is 3. The summed E-state index contributed by atoms with van der Waals surface area (Å²) in [7, 11) is 3.14. The van der Waals surface area contributed by atoms with E-state index in [1.54, 1.807) is 21.0 Å². The molecule has 24 atom stereocenters. The zero-order chi connectivity index (χ0) is 46.8. The number of carbonyl (C=O) groups is 1. The molecule has 0 radical (unpaired) electrons. The van der Waals surface area contributed by atoms with Crippen molar-refractivity contribution in [1.82, 2.24) is 0 Å². The Kier molecular flexibility index (Phi) is 14.7. The second kappa shape index (κ2) is 19.7. The Morgan fingerprint density at radius 1 is 0.773 bits per heavy atom. The van der Waals surface area contributed by atoms with Crippen LogP contribution in [0.3, 0.4) is 0 Å². The third-order valence-corrected chi connectivity index (χ3v) is 16.3. The summed E-state index contributed by atoms with van der Waals surface area (Å²) >= 11 is 0. The van der Waals surface area contributed by atoms with E-state index in [1.165, 1.54) is 18.3 Å². The van der Waals surface area contributed by atoms with Crippen molar-refractivity contribution in [1.29, 1.82) is 0 Å². The predicted octanol–water partition coefficient (Wildman–Crippen LogP) is 1.86. The maximum Gasteiger partial charge on any atom is 0.309 e. The van der Waals surface area contributed by atoms with Gasteiger partial charge in [-0.25, -0.2) is 0 Å². The van der Waals surface area contributed by atoms with Crippen LogP contribution in [-0.2, 0) is 66.4 Å². The van der Waals surface area contributed by atoms with E-state index in [1.807, 2.05) is 20.1 Å². The molecule has 1 unspecified atom stereocenters. The third-order valence-electron chi connectivity index (χ3n) is 16.3. The van der Waals surface area contributed by atoms with Gasteiger partial charge >= 0.3 is 5.97 Å². The van der Waals surface area contributed by atoms with Crippen molar-refractivity contribution >= 4 is 5.97 Å². The van der Waals surface area contributed by atoms with Crippen LogP contribution in [0, 0.1) is 23.2 Å². The Balaban J connectivity index is 0.757. The second-order valence-electron chi connectivity index (χ2n) is 20.4. The molecular weight excluding hydrogens is 868 g/mol. The summed E-state index contributed by atoms with van der Waals surface area (Å²) in [6.07, 6.45) is -5.73. The molecule has 6 saturated heterocycles. The summed E-state index contributed by atoms with van der Waals surface area (Å²) in [6, 6.07) is 0. The lowest BCUT2D eigenvalue weighted by molar-refractivity contribution is -0.356.